The van der Waals surface area contributed by atoms with Crippen LogP contribution in [0.4, 0.5) is 32.2 Å². The van der Waals surface area contributed by atoms with Crippen molar-refractivity contribution < 1.29 is 35.9 Å². The van der Waals surface area contributed by atoms with Crippen molar-refractivity contribution in [1.82, 2.24) is 10.3 Å². The average Bonchev–Trinajstić information content (AvgIpc) is 2.63. The second-order valence-corrected chi connectivity index (χ2v) is 5.52. The highest BCUT2D eigenvalue weighted by Gasteiger charge is 2.31. The molecule has 2 rings (SSSR count). The number of alkyl halides is 6. The van der Waals surface area contributed by atoms with Crippen LogP contribution < -0.4 is 15.4 Å². The highest BCUT2D eigenvalue weighted by molar-refractivity contribution is 5.77. The van der Waals surface area contributed by atoms with Crippen LogP contribution in [0, 0.1) is 0 Å². The van der Waals surface area contributed by atoms with Gasteiger partial charge in [-0.05, 0) is 30.3 Å². The number of nitrogens with one attached hydrogen (secondary N) is 2. The Labute approximate surface area is 155 Å². The Kier molecular flexibility index (Phi) is 6.71. The number of halogens is 6. The van der Waals surface area contributed by atoms with E-state index in [1.54, 1.807) is 0 Å². The first-order valence-electron chi connectivity index (χ1n) is 7.89. The Morgan fingerprint density at radius 2 is 1.68 bits per heavy atom. The fourth-order valence-corrected chi connectivity index (χ4v) is 2.02. The van der Waals surface area contributed by atoms with Gasteiger partial charge in [0.05, 0.1) is 11.1 Å². The van der Waals surface area contributed by atoms with Gasteiger partial charge in [-0.15, -0.1) is 0 Å². The molecule has 1 heterocycles. The SMILES string of the molecule is O=C(COc1cccc(C(F)(F)F)c1)NCCNc1ccc(C(F)(F)F)cn1. The van der Waals surface area contributed by atoms with Crippen molar-refractivity contribution in [3.63, 3.8) is 0 Å². The maximum Gasteiger partial charge on any atom is 0.417 e. The molecule has 0 aliphatic heterocycles. The average molecular weight is 407 g/mol. The van der Waals surface area contributed by atoms with Crippen LogP contribution in [0.5, 0.6) is 5.75 Å². The Bertz CT molecular complexity index is 791. The number of amides is 1. The zero-order chi connectivity index (χ0) is 20.8. The Morgan fingerprint density at radius 1 is 0.964 bits per heavy atom. The van der Waals surface area contributed by atoms with Gasteiger partial charge in [-0.1, -0.05) is 6.07 Å². The molecule has 0 radical (unpaired) electrons. The van der Waals surface area contributed by atoms with Gasteiger partial charge < -0.3 is 15.4 Å². The summed E-state index contributed by atoms with van der Waals surface area (Å²) >= 11 is 0. The summed E-state index contributed by atoms with van der Waals surface area (Å²) in [5, 5.41) is 5.16. The van der Waals surface area contributed by atoms with Crippen LogP contribution in [-0.4, -0.2) is 30.6 Å². The van der Waals surface area contributed by atoms with Gasteiger partial charge >= 0.3 is 12.4 Å². The molecule has 0 saturated heterocycles. The number of pyridine rings is 1. The molecule has 11 heteroatoms. The summed E-state index contributed by atoms with van der Waals surface area (Å²) in [7, 11) is 0. The van der Waals surface area contributed by atoms with E-state index >= 15 is 0 Å². The molecule has 0 unspecified atom stereocenters. The quantitative estimate of drug-likeness (QED) is 0.543. The predicted octanol–water partition coefficient (Wildman–Crippen LogP) is 3.73. The summed E-state index contributed by atoms with van der Waals surface area (Å²) in [5.74, 6) is -0.473. The lowest BCUT2D eigenvalue weighted by Crippen LogP contribution is -2.32. The van der Waals surface area contributed by atoms with Gasteiger partial charge in [-0.25, -0.2) is 4.98 Å². The number of aromatic nitrogens is 1. The second kappa shape index (κ2) is 8.81. The van der Waals surface area contributed by atoms with Gasteiger partial charge in [0.15, 0.2) is 6.61 Å². The summed E-state index contributed by atoms with van der Waals surface area (Å²) < 4.78 is 80.0. The highest BCUT2D eigenvalue weighted by atomic mass is 19.4. The largest absolute Gasteiger partial charge is 0.484 e. The number of benzene rings is 1. The van der Waals surface area contributed by atoms with Crippen molar-refractivity contribution in [1.29, 1.82) is 0 Å². The minimum Gasteiger partial charge on any atom is -0.484 e. The van der Waals surface area contributed by atoms with Gasteiger partial charge in [0.1, 0.15) is 11.6 Å². The van der Waals surface area contributed by atoms with Crippen LogP contribution in [0.2, 0.25) is 0 Å². The molecule has 1 aromatic heterocycles. The molecule has 0 saturated carbocycles. The van der Waals surface area contributed by atoms with Crippen LogP contribution >= 0.6 is 0 Å². The van der Waals surface area contributed by atoms with E-state index in [2.05, 4.69) is 15.6 Å². The Hall–Kier alpha value is -2.98. The van der Waals surface area contributed by atoms with Crippen LogP contribution in [0.25, 0.3) is 0 Å². The molecule has 28 heavy (non-hydrogen) atoms. The minimum absolute atomic E-state index is 0.0999. The van der Waals surface area contributed by atoms with E-state index in [9.17, 15) is 31.1 Å². The van der Waals surface area contributed by atoms with Gasteiger partial charge in [0.2, 0.25) is 0 Å². The molecule has 0 aliphatic carbocycles. The first kappa shape index (κ1) is 21.3. The molecule has 1 aromatic carbocycles. The van der Waals surface area contributed by atoms with E-state index in [0.717, 1.165) is 30.3 Å². The zero-order valence-corrected chi connectivity index (χ0v) is 14.2. The number of rotatable bonds is 7. The topological polar surface area (TPSA) is 63.2 Å². The standard InChI is InChI=1S/C17H15F6N3O2/c18-16(19,20)11-2-1-3-13(8-11)28-10-15(27)25-7-6-24-14-5-4-12(9-26-14)17(21,22)23/h1-5,8-9H,6-7,10H2,(H,24,26)(H,25,27). The lowest BCUT2D eigenvalue weighted by molar-refractivity contribution is -0.138. The van der Waals surface area contributed by atoms with Crippen LogP contribution in [0.1, 0.15) is 11.1 Å². The normalized spacial score (nSPS) is 11.8. The summed E-state index contributed by atoms with van der Waals surface area (Å²) in [6.07, 6.45) is -8.30. The molecule has 0 bridgehead atoms. The lowest BCUT2D eigenvalue weighted by atomic mass is 10.2. The smallest absolute Gasteiger partial charge is 0.417 e. The molecule has 152 valence electrons. The molecule has 0 atom stereocenters. The summed E-state index contributed by atoms with van der Waals surface area (Å²) in [5.41, 5.74) is -1.77. The van der Waals surface area contributed by atoms with E-state index in [1.807, 2.05) is 0 Å². The first-order valence-corrected chi connectivity index (χ1v) is 7.89. The number of carbonyl (C=O) groups is 1. The molecule has 5 nitrogen and oxygen atoms in total. The third-order valence-electron chi connectivity index (χ3n) is 3.38. The number of carbonyl (C=O) groups excluding carboxylic acids is 1. The van der Waals surface area contributed by atoms with Crippen molar-refractivity contribution in [2.45, 2.75) is 12.4 Å². The van der Waals surface area contributed by atoms with Crippen LogP contribution in [0.15, 0.2) is 42.6 Å². The van der Waals surface area contributed by atoms with Gasteiger partial charge in [0.25, 0.3) is 5.91 Å². The summed E-state index contributed by atoms with van der Waals surface area (Å²) in [4.78, 5) is 15.2. The predicted molar refractivity (Wildman–Crippen MR) is 87.7 cm³/mol. The fourth-order valence-electron chi connectivity index (χ4n) is 2.02. The van der Waals surface area contributed by atoms with E-state index in [1.165, 1.54) is 6.07 Å². The van der Waals surface area contributed by atoms with Crippen molar-refractivity contribution in [2.75, 3.05) is 25.0 Å². The zero-order valence-electron chi connectivity index (χ0n) is 14.2. The number of ether oxygens (including phenoxy) is 1. The molecule has 0 spiro atoms. The van der Waals surface area contributed by atoms with Crippen molar-refractivity contribution >= 4 is 11.7 Å². The Morgan fingerprint density at radius 3 is 2.29 bits per heavy atom. The number of hydrogen-bond acceptors (Lipinski definition) is 4. The van der Waals surface area contributed by atoms with E-state index in [-0.39, 0.29) is 24.7 Å². The van der Waals surface area contributed by atoms with Gasteiger partial charge in [-0.3, -0.25) is 4.79 Å². The number of hydrogen-bond donors (Lipinski definition) is 2. The van der Waals surface area contributed by atoms with Gasteiger partial charge in [0, 0.05) is 19.3 Å². The Balaban J connectivity index is 1.70. The summed E-state index contributed by atoms with van der Waals surface area (Å²) in [6, 6.07) is 6.15. The molecular weight excluding hydrogens is 392 g/mol. The second-order valence-electron chi connectivity index (χ2n) is 5.52. The van der Waals surface area contributed by atoms with E-state index < -0.39 is 36.0 Å². The molecule has 2 aromatic rings. The monoisotopic (exact) mass is 407 g/mol. The van der Waals surface area contributed by atoms with Crippen molar-refractivity contribution in [3.05, 3.63) is 53.7 Å². The molecule has 1 amide bonds. The third kappa shape index (κ3) is 6.63. The number of anilines is 1. The minimum atomic E-state index is -4.51. The highest BCUT2D eigenvalue weighted by Crippen LogP contribution is 2.31. The van der Waals surface area contributed by atoms with Gasteiger partial charge in [-0.2, -0.15) is 26.3 Å². The number of nitrogens with zero attached hydrogens (tertiary/aromatic N) is 1. The molecular formula is C17H15F6N3O2. The van der Waals surface area contributed by atoms with Crippen LogP contribution in [-0.2, 0) is 17.1 Å². The first-order chi connectivity index (χ1) is 13.1. The van der Waals surface area contributed by atoms with Crippen LogP contribution in [0.3, 0.4) is 0 Å². The fraction of sp³-hybridized carbons (Fsp3) is 0.294. The third-order valence-corrected chi connectivity index (χ3v) is 3.38. The molecule has 0 fully saturated rings. The van der Waals surface area contributed by atoms with E-state index in [4.69, 9.17) is 4.74 Å². The van der Waals surface area contributed by atoms with E-state index in [0.29, 0.717) is 6.20 Å². The molecule has 2 N–H and O–H groups in total. The summed E-state index contributed by atoms with van der Waals surface area (Å²) in [6.45, 7) is -0.207. The maximum absolute atomic E-state index is 12.6. The van der Waals surface area contributed by atoms with Crippen molar-refractivity contribution in [3.8, 4) is 5.75 Å². The lowest BCUT2D eigenvalue weighted by Gasteiger charge is -2.11. The van der Waals surface area contributed by atoms with Crippen molar-refractivity contribution in [2.24, 2.45) is 0 Å². The maximum atomic E-state index is 12.6. The molecule has 0 aliphatic rings.